The molecule has 0 saturated heterocycles. The second-order valence-electron chi connectivity index (χ2n) is 8.95. The minimum Gasteiger partial charge on any atom is -0.390 e. The summed E-state index contributed by atoms with van der Waals surface area (Å²) >= 11 is 0. The Kier molecular flexibility index (Phi) is 3.30. The highest BCUT2D eigenvalue weighted by Crippen LogP contribution is 2.56. The third-order valence-electron chi connectivity index (χ3n) is 6.80. The lowest BCUT2D eigenvalue weighted by Crippen LogP contribution is -2.59. The van der Waals surface area contributed by atoms with Crippen molar-refractivity contribution in [3.8, 4) is 0 Å². The second-order valence-corrected chi connectivity index (χ2v) is 8.95. The van der Waals surface area contributed by atoms with Crippen LogP contribution in [0.1, 0.15) is 37.8 Å². The van der Waals surface area contributed by atoms with Crippen molar-refractivity contribution in [2.24, 2.45) is 17.8 Å². The van der Waals surface area contributed by atoms with Crippen molar-refractivity contribution in [2.45, 2.75) is 50.7 Å². The third kappa shape index (κ3) is 2.56. The summed E-state index contributed by atoms with van der Waals surface area (Å²) in [6.45, 7) is 1.96. The van der Waals surface area contributed by atoms with Gasteiger partial charge in [-0.1, -0.05) is 0 Å². The molecule has 0 spiro atoms. The summed E-state index contributed by atoms with van der Waals surface area (Å²) in [5.41, 5.74) is 1.23. The average molecular weight is 380 g/mol. The summed E-state index contributed by atoms with van der Waals surface area (Å²) in [6, 6.07) is 2.25. The molecule has 4 bridgehead atoms. The lowest BCUT2D eigenvalue weighted by molar-refractivity contribution is -0.129. The summed E-state index contributed by atoms with van der Waals surface area (Å²) in [7, 11) is 0. The molecule has 5 N–H and O–H groups in total. The van der Waals surface area contributed by atoms with Gasteiger partial charge in [0, 0.05) is 17.8 Å². The zero-order chi connectivity index (χ0) is 18.9. The van der Waals surface area contributed by atoms with Crippen LogP contribution in [0, 0.1) is 24.7 Å². The van der Waals surface area contributed by atoms with Crippen molar-refractivity contribution in [1.29, 1.82) is 0 Å². The number of anilines is 3. The van der Waals surface area contributed by atoms with Gasteiger partial charge in [-0.2, -0.15) is 20.2 Å². The predicted molar refractivity (Wildman–Crippen MR) is 104 cm³/mol. The van der Waals surface area contributed by atoms with Crippen molar-refractivity contribution in [2.75, 3.05) is 10.6 Å². The molecule has 0 radical (unpaired) electrons. The molecule has 0 aliphatic heterocycles. The number of aromatic nitrogens is 6. The Morgan fingerprint density at radius 2 is 1.96 bits per heavy atom. The number of fused-ring (bicyclic) bond motifs is 1. The molecule has 4 fully saturated rings. The van der Waals surface area contributed by atoms with Gasteiger partial charge < -0.3 is 15.7 Å². The Morgan fingerprint density at radius 3 is 2.68 bits per heavy atom. The van der Waals surface area contributed by atoms with Crippen LogP contribution < -0.4 is 10.6 Å². The van der Waals surface area contributed by atoms with E-state index in [4.69, 9.17) is 4.98 Å². The number of hydrogen-bond acceptors (Lipinski definition) is 7. The first-order valence-electron chi connectivity index (χ1n) is 10.0. The molecule has 3 aromatic heterocycles. The minimum atomic E-state index is -0.437. The molecule has 2 atom stereocenters. The number of rotatable bonds is 4. The number of hydrogen-bond donors (Lipinski definition) is 5. The second kappa shape index (κ2) is 5.66. The van der Waals surface area contributed by atoms with E-state index in [0.717, 1.165) is 30.3 Å². The lowest BCUT2D eigenvalue weighted by Gasteiger charge is -2.58. The normalized spacial score (nSPS) is 33.5. The number of nitrogens with one attached hydrogen (secondary N) is 4. The van der Waals surface area contributed by atoms with Gasteiger partial charge in [0.15, 0.2) is 11.5 Å². The van der Waals surface area contributed by atoms with E-state index >= 15 is 0 Å². The van der Waals surface area contributed by atoms with Crippen molar-refractivity contribution in [3.05, 3.63) is 18.0 Å². The van der Waals surface area contributed by atoms with Gasteiger partial charge in [-0.3, -0.25) is 10.2 Å². The van der Waals surface area contributed by atoms with Gasteiger partial charge in [-0.25, -0.2) is 0 Å². The van der Waals surface area contributed by atoms with E-state index in [2.05, 4.69) is 36.0 Å². The van der Waals surface area contributed by atoms with Crippen molar-refractivity contribution in [1.82, 2.24) is 30.4 Å². The molecule has 9 nitrogen and oxygen atoms in total. The molecule has 7 rings (SSSR count). The molecule has 9 heteroatoms. The molecule has 4 aliphatic rings. The van der Waals surface area contributed by atoms with Crippen LogP contribution in [0.5, 0.6) is 0 Å². The standard InChI is InChI=1S/C19H24N8O/c1-9-2-14(26-25-9)21-16-13-8-20-27-17(13)24-18(23-16)22-15-11-3-10-4-12(15)7-19(28,5-10)6-11/h2,8,10-12,15,28H,3-7H2,1H3,(H4,20,21,22,23,24,25,26,27). The van der Waals surface area contributed by atoms with Crippen LogP contribution in [0.15, 0.2) is 12.3 Å². The van der Waals surface area contributed by atoms with Gasteiger partial charge in [-0.15, -0.1) is 0 Å². The fourth-order valence-electron chi connectivity index (χ4n) is 5.96. The van der Waals surface area contributed by atoms with E-state index in [1.807, 2.05) is 13.0 Å². The largest absolute Gasteiger partial charge is 0.390 e. The van der Waals surface area contributed by atoms with Crippen LogP contribution in [-0.2, 0) is 0 Å². The van der Waals surface area contributed by atoms with E-state index in [9.17, 15) is 5.11 Å². The van der Waals surface area contributed by atoms with Gasteiger partial charge in [0.05, 0.1) is 17.2 Å². The zero-order valence-corrected chi connectivity index (χ0v) is 15.7. The van der Waals surface area contributed by atoms with Crippen molar-refractivity contribution in [3.63, 3.8) is 0 Å². The molecule has 0 amide bonds. The Bertz CT molecular complexity index is 1030. The number of aromatic amines is 2. The fourth-order valence-corrected chi connectivity index (χ4v) is 5.96. The quantitative estimate of drug-likeness (QED) is 0.470. The first-order chi connectivity index (χ1) is 13.5. The van der Waals surface area contributed by atoms with Crippen LogP contribution >= 0.6 is 0 Å². The third-order valence-corrected chi connectivity index (χ3v) is 6.80. The first kappa shape index (κ1) is 16.3. The highest BCUT2D eigenvalue weighted by atomic mass is 16.3. The number of nitrogens with zero attached hydrogens (tertiary/aromatic N) is 4. The Labute approximate surface area is 161 Å². The monoisotopic (exact) mass is 380 g/mol. The molecular weight excluding hydrogens is 356 g/mol. The molecule has 4 aliphatic carbocycles. The van der Waals surface area contributed by atoms with E-state index in [0.29, 0.717) is 47.0 Å². The number of aryl methyl sites for hydroxylation is 1. The van der Waals surface area contributed by atoms with Gasteiger partial charge in [0.25, 0.3) is 0 Å². The number of aliphatic hydroxyl groups is 1. The summed E-state index contributed by atoms with van der Waals surface area (Å²) in [5.74, 6) is 3.63. The summed E-state index contributed by atoms with van der Waals surface area (Å²) in [4.78, 5) is 9.38. The Hall–Kier alpha value is -2.68. The summed E-state index contributed by atoms with van der Waals surface area (Å²) in [5, 5.41) is 32.8. The van der Waals surface area contributed by atoms with E-state index < -0.39 is 5.60 Å². The zero-order valence-electron chi connectivity index (χ0n) is 15.7. The van der Waals surface area contributed by atoms with E-state index in [1.54, 1.807) is 6.20 Å². The lowest BCUT2D eigenvalue weighted by atomic mass is 9.52. The first-order valence-corrected chi connectivity index (χ1v) is 10.0. The van der Waals surface area contributed by atoms with Crippen LogP contribution in [0.3, 0.4) is 0 Å². The maximum Gasteiger partial charge on any atom is 0.226 e. The van der Waals surface area contributed by atoms with Crippen molar-refractivity contribution < 1.29 is 5.11 Å². The highest BCUT2D eigenvalue weighted by molar-refractivity contribution is 5.88. The Balaban J connectivity index is 1.31. The van der Waals surface area contributed by atoms with Crippen LogP contribution in [0.25, 0.3) is 11.0 Å². The molecule has 3 aromatic rings. The minimum absolute atomic E-state index is 0.317. The maximum atomic E-state index is 10.8. The van der Waals surface area contributed by atoms with Crippen molar-refractivity contribution >= 4 is 28.6 Å². The van der Waals surface area contributed by atoms with E-state index in [-0.39, 0.29) is 0 Å². The highest BCUT2D eigenvalue weighted by Gasteiger charge is 2.54. The SMILES string of the molecule is Cc1cc(Nc2nc(NC3C4CC5CC3CC(O)(C5)C4)nc3[nH]ncc23)n[nH]1. The fraction of sp³-hybridized carbons (Fsp3) is 0.579. The Morgan fingerprint density at radius 1 is 1.14 bits per heavy atom. The summed E-state index contributed by atoms with van der Waals surface area (Å²) in [6.07, 6.45) is 6.88. The molecule has 2 unspecified atom stereocenters. The maximum absolute atomic E-state index is 10.8. The van der Waals surface area contributed by atoms with E-state index in [1.165, 1.54) is 12.8 Å². The molecule has 28 heavy (non-hydrogen) atoms. The van der Waals surface area contributed by atoms with Gasteiger partial charge in [0.2, 0.25) is 5.95 Å². The average Bonchev–Trinajstić information content (AvgIpc) is 3.25. The topological polar surface area (TPSA) is 127 Å². The number of H-pyrrole nitrogens is 2. The molecule has 146 valence electrons. The summed E-state index contributed by atoms with van der Waals surface area (Å²) < 4.78 is 0. The van der Waals surface area contributed by atoms with Crippen LogP contribution in [0.4, 0.5) is 17.6 Å². The van der Waals surface area contributed by atoms with Gasteiger partial charge in [0.1, 0.15) is 5.82 Å². The molecule has 4 saturated carbocycles. The molecule has 0 aromatic carbocycles. The smallest absolute Gasteiger partial charge is 0.226 e. The van der Waals surface area contributed by atoms with Gasteiger partial charge in [-0.05, 0) is 56.8 Å². The van der Waals surface area contributed by atoms with Crippen LogP contribution in [0.2, 0.25) is 0 Å². The molecule has 3 heterocycles. The predicted octanol–water partition coefficient (Wildman–Crippen LogP) is 2.48. The van der Waals surface area contributed by atoms with Gasteiger partial charge >= 0.3 is 0 Å². The van der Waals surface area contributed by atoms with Crippen LogP contribution in [-0.4, -0.2) is 47.1 Å². The molecular formula is C19H24N8O.